The maximum atomic E-state index is 12.7. The van der Waals surface area contributed by atoms with Crippen molar-refractivity contribution in [1.29, 1.82) is 0 Å². The van der Waals surface area contributed by atoms with Gasteiger partial charge >= 0.3 is 0 Å². The second kappa shape index (κ2) is 10.5. The fourth-order valence-corrected chi connectivity index (χ4v) is 2.81. The molecule has 0 spiro atoms. The monoisotopic (exact) mass is 406 g/mol. The van der Waals surface area contributed by atoms with Crippen molar-refractivity contribution in [3.8, 4) is 0 Å². The minimum atomic E-state index is -0.394. The van der Waals surface area contributed by atoms with E-state index in [2.05, 4.69) is 25.0 Å². The smallest absolute Gasteiger partial charge is 0.275 e. The summed E-state index contributed by atoms with van der Waals surface area (Å²) in [6.45, 7) is 2.00. The molecule has 1 aromatic carbocycles. The molecule has 0 radical (unpaired) electrons. The van der Waals surface area contributed by atoms with Gasteiger partial charge < -0.3 is 15.8 Å². The molecule has 142 valence electrons. The highest BCUT2D eigenvalue weighted by Crippen LogP contribution is 2.11. The molecule has 10 heteroatoms. The van der Waals surface area contributed by atoms with Gasteiger partial charge in [0.15, 0.2) is 11.0 Å². The molecule has 0 fully saturated rings. The van der Waals surface area contributed by atoms with Crippen LogP contribution in [-0.4, -0.2) is 33.3 Å². The Bertz CT molecular complexity index is 811. The normalized spacial score (nSPS) is 15.2. The summed E-state index contributed by atoms with van der Waals surface area (Å²) in [5.74, 6) is -0.175. The van der Waals surface area contributed by atoms with Gasteiger partial charge in [0.05, 0.1) is 18.4 Å². The van der Waals surface area contributed by atoms with E-state index >= 15 is 0 Å². The van der Waals surface area contributed by atoms with Crippen LogP contribution in [0.5, 0.6) is 0 Å². The highest BCUT2D eigenvalue weighted by atomic mass is 32.2. The van der Waals surface area contributed by atoms with Crippen LogP contribution in [0.2, 0.25) is 0 Å². The number of nitrogens with two attached hydrogens (primary N) is 1. The fraction of sp³-hybridized carbons (Fsp3) is 0.176. The summed E-state index contributed by atoms with van der Waals surface area (Å²) in [5.41, 5.74) is 6.08. The Morgan fingerprint density at radius 3 is 2.52 bits per heavy atom. The maximum Gasteiger partial charge on any atom is 0.275 e. The lowest BCUT2D eigenvalue weighted by atomic mass is 10.3. The van der Waals surface area contributed by atoms with Crippen LogP contribution in [0.3, 0.4) is 0 Å². The van der Waals surface area contributed by atoms with E-state index in [9.17, 15) is 9.18 Å². The van der Waals surface area contributed by atoms with Crippen molar-refractivity contribution in [3.63, 3.8) is 0 Å². The van der Waals surface area contributed by atoms with Gasteiger partial charge in [0.25, 0.3) is 5.91 Å². The zero-order chi connectivity index (χ0) is 19.6. The predicted octanol–water partition coefficient (Wildman–Crippen LogP) is 3.51. The minimum absolute atomic E-state index is 0.191. The van der Waals surface area contributed by atoms with Gasteiger partial charge in [-0.15, -0.1) is 0 Å². The first-order valence-corrected chi connectivity index (χ1v) is 9.93. The van der Waals surface area contributed by atoms with Crippen molar-refractivity contribution in [3.05, 3.63) is 59.7 Å². The number of aliphatic imine (C=N–C) groups is 1. The molecule has 2 aromatic rings. The lowest BCUT2D eigenvalue weighted by Gasteiger charge is -2.05. The standard InChI is InChI=1S/C12H11FN4OS.C5H8N2S/c1-19-17-11-7-14-10(6-15-11)12(18)16-9-4-2-8(13)3-5-9;1-4-2-3-8-5(6)7-4/h2-7H,1H3,(H,15,17)(H,16,18);2-4H,1H3,(H2,6,7)/t;4-/m.0/s1. The molecule has 1 amide bonds. The number of amides is 1. The maximum absolute atomic E-state index is 12.7. The van der Waals surface area contributed by atoms with Crippen LogP contribution >= 0.6 is 23.7 Å². The molecule has 1 aliphatic rings. The number of thioether (sulfide) groups is 1. The third-order valence-corrected chi connectivity index (χ3v) is 4.12. The quantitative estimate of drug-likeness (QED) is 0.667. The number of aromatic nitrogens is 2. The third-order valence-electron chi connectivity index (χ3n) is 3.07. The van der Waals surface area contributed by atoms with E-state index in [1.807, 2.05) is 24.7 Å². The molecule has 2 heterocycles. The Hall–Kier alpha value is -2.59. The molecule has 1 atom stereocenters. The van der Waals surface area contributed by atoms with Gasteiger partial charge in [-0.25, -0.2) is 14.4 Å². The summed E-state index contributed by atoms with van der Waals surface area (Å²) < 4.78 is 15.6. The van der Waals surface area contributed by atoms with Crippen LogP contribution in [0.4, 0.5) is 15.9 Å². The van der Waals surface area contributed by atoms with E-state index in [1.54, 1.807) is 0 Å². The highest BCUT2D eigenvalue weighted by Gasteiger charge is 2.08. The van der Waals surface area contributed by atoms with Crippen molar-refractivity contribution < 1.29 is 9.18 Å². The first kappa shape index (κ1) is 20.7. The Morgan fingerprint density at radius 2 is 2.00 bits per heavy atom. The van der Waals surface area contributed by atoms with E-state index in [-0.39, 0.29) is 17.6 Å². The Balaban J connectivity index is 0.000000273. The molecule has 0 bridgehead atoms. The number of carbonyl (C=O) groups excluding carboxylic acids is 1. The number of anilines is 2. The van der Waals surface area contributed by atoms with Crippen molar-refractivity contribution in [2.75, 3.05) is 16.3 Å². The zero-order valence-electron chi connectivity index (χ0n) is 14.7. The number of hydrogen-bond donors (Lipinski definition) is 3. The first-order chi connectivity index (χ1) is 13.0. The second-order valence-electron chi connectivity index (χ2n) is 5.21. The minimum Gasteiger partial charge on any atom is -0.378 e. The molecule has 0 aliphatic carbocycles. The summed E-state index contributed by atoms with van der Waals surface area (Å²) in [4.78, 5) is 23.9. The highest BCUT2D eigenvalue weighted by molar-refractivity contribution is 8.16. The molecule has 0 saturated heterocycles. The zero-order valence-corrected chi connectivity index (χ0v) is 16.4. The van der Waals surface area contributed by atoms with E-state index < -0.39 is 5.91 Å². The molecule has 3 rings (SSSR count). The number of carbonyl (C=O) groups is 1. The number of nitrogens with zero attached hydrogens (tertiary/aromatic N) is 3. The van der Waals surface area contributed by atoms with Gasteiger partial charge in [-0.3, -0.25) is 9.79 Å². The fourth-order valence-electron chi connectivity index (χ4n) is 1.83. The summed E-state index contributed by atoms with van der Waals surface area (Å²) in [7, 11) is 0. The van der Waals surface area contributed by atoms with E-state index in [1.165, 1.54) is 60.4 Å². The average molecular weight is 407 g/mol. The largest absolute Gasteiger partial charge is 0.378 e. The number of rotatable bonds is 4. The van der Waals surface area contributed by atoms with E-state index in [0.29, 0.717) is 16.7 Å². The van der Waals surface area contributed by atoms with Gasteiger partial charge in [0.1, 0.15) is 11.5 Å². The van der Waals surface area contributed by atoms with Crippen molar-refractivity contribution in [2.24, 2.45) is 10.7 Å². The molecule has 1 aliphatic heterocycles. The van der Waals surface area contributed by atoms with Crippen LogP contribution in [0.25, 0.3) is 0 Å². The molecule has 1 aromatic heterocycles. The van der Waals surface area contributed by atoms with Crippen LogP contribution < -0.4 is 15.8 Å². The lowest BCUT2D eigenvalue weighted by Crippen LogP contribution is -2.14. The Morgan fingerprint density at radius 1 is 1.26 bits per heavy atom. The summed E-state index contributed by atoms with van der Waals surface area (Å²) in [5, 5.41) is 5.24. The van der Waals surface area contributed by atoms with Crippen molar-refractivity contribution in [1.82, 2.24) is 9.97 Å². The van der Waals surface area contributed by atoms with E-state index in [0.717, 1.165) is 0 Å². The SMILES string of the molecule is CSNc1cnc(C(=O)Nc2ccc(F)cc2)cn1.C[C@H]1C=CSC(N)=N1. The molecular formula is C17H19FN6OS2. The molecule has 4 N–H and O–H groups in total. The number of hydrogen-bond acceptors (Lipinski definition) is 8. The number of nitrogens with one attached hydrogen (secondary N) is 2. The van der Waals surface area contributed by atoms with E-state index in [4.69, 9.17) is 5.73 Å². The van der Waals surface area contributed by atoms with Gasteiger partial charge in [-0.05, 0) is 36.6 Å². The summed E-state index contributed by atoms with van der Waals surface area (Å²) in [6, 6.07) is 5.77. The van der Waals surface area contributed by atoms with Crippen LogP contribution in [-0.2, 0) is 0 Å². The van der Waals surface area contributed by atoms with Crippen LogP contribution in [0.15, 0.2) is 53.1 Å². The average Bonchev–Trinajstić information content (AvgIpc) is 2.65. The predicted molar refractivity (Wildman–Crippen MR) is 111 cm³/mol. The van der Waals surface area contributed by atoms with Gasteiger partial charge in [0, 0.05) is 11.9 Å². The third kappa shape index (κ3) is 7.27. The number of amidine groups is 1. The van der Waals surface area contributed by atoms with Gasteiger partial charge in [-0.2, -0.15) is 0 Å². The van der Waals surface area contributed by atoms with Crippen molar-refractivity contribution >= 4 is 46.3 Å². The first-order valence-electron chi connectivity index (χ1n) is 7.82. The van der Waals surface area contributed by atoms with Crippen LogP contribution in [0, 0.1) is 5.82 Å². The number of benzene rings is 1. The van der Waals surface area contributed by atoms with Gasteiger partial charge in [-0.1, -0.05) is 29.8 Å². The van der Waals surface area contributed by atoms with Gasteiger partial charge in [0.2, 0.25) is 0 Å². The topological polar surface area (TPSA) is 105 Å². The molecule has 27 heavy (non-hydrogen) atoms. The molecule has 0 unspecified atom stereocenters. The summed E-state index contributed by atoms with van der Waals surface area (Å²) in [6.07, 6.45) is 6.71. The molecule has 0 saturated carbocycles. The molecular weight excluding hydrogens is 387 g/mol. The lowest BCUT2D eigenvalue weighted by molar-refractivity contribution is 0.102. The van der Waals surface area contributed by atoms with Crippen molar-refractivity contribution in [2.45, 2.75) is 13.0 Å². The summed E-state index contributed by atoms with van der Waals surface area (Å²) >= 11 is 2.85. The Labute approximate surface area is 165 Å². The molecule has 7 nitrogen and oxygen atoms in total. The Kier molecular flexibility index (Phi) is 8.08. The second-order valence-corrected chi connectivity index (χ2v) is 6.75. The van der Waals surface area contributed by atoms with Crippen LogP contribution in [0.1, 0.15) is 17.4 Å². The number of halogens is 1.